The van der Waals surface area contributed by atoms with Gasteiger partial charge in [-0.15, -0.1) is 10.2 Å². The normalized spacial score (nSPS) is 25.3. The average Bonchev–Trinajstić information content (AvgIpc) is 3.27. The molecule has 1 aromatic heterocycles. The van der Waals surface area contributed by atoms with E-state index >= 15 is 0 Å². The zero-order valence-electron chi connectivity index (χ0n) is 13.6. The fourth-order valence-corrected chi connectivity index (χ4v) is 4.22. The van der Waals surface area contributed by atoms with Crippen molar-refractivity contribution in [2.75, 3.05) is 13.1 Å². The van der Waals surface area contributed by atoms with Gasteiger partial charge >= 0.3 is 0 Å². The van der Waals surface area contributed by atoms with Gasteiger partial charge in [0.15, 0.2) is 5.82 Å². The minimum atomic E-state index is -0.182. The minimum Gasteiger partial charge on any atom is -0.339 e. The van der Waals surface area contributed by atoms with E-state index in [0.29, 0.717) is 32.1 Å². The van der Waals surface area contributed by atoms with E-state index in [2.05, 4.69) is 14.8 Å². The molecule has 0 bridgehead atoms. The van der Waals surface area contributed by atoms with E-state index in [1.165, 1.54) is 12.8 Å². The molecule has 3 heterocycles. The Morgan fingerprint density at radius 2 is 1.96 bits per heavy atom. The Morgan fingerprint density at radius 3 is 2.74 bits per heavy atom. The van der Waals surface area contributed by atoms with Crippen LogP contribution in [0.4, 0.5) is 0 Å². The lowest BCUT2D eigenvalue weighted by Crippen LogP contribution is -2.43. The van der Waals surface area contributed by atoms with Crippen molar-refractivity contribution in [3.05, 3.63) is 11.6 Å². The highest BCUT2D eigenvalue weighted by Crippen LogP contribution is 2.30. The first-order valence-electron chi connectivity index (χ1n) is 8.60. The summed E-state index contributed by atoms with van der Waals surface area (Å²) >= 11 is 0. The average molecular weight is 317 g/mol. The van der Waals surface area contributed by atoms with Gasteiger partial charge in [0.05, 0.1) is 12.5 Å². The minimum absolute atomic E-state index is 0.103. The molecule has 3 aliphatic rings. The van der Waals surface area contributed by atoms with E-state index in [1.807, 2.05) is 16.7 Å². The van der Waals surface area contributed by atoms with Crippen LogP contribution in [0.1, 0.15) is 43.8 Å². The number of rotatable bonds is 2. The second-order valence-electron chi connectivity index (χ2n) is 6.96. The molecule has 1 saturated carbocycles. The Balaban J connectivity index is 1.43. The number of carbonyl (C=O) groups excluding carboxylic acids is 2. The van der Waals surface area contributed by atoms with Gasteiger partial charge in [0, 0.05) is 32.1 Å². The molecule has 2 amide bonds. The molecule has 124 valence electrons. The molecule has 1 aliphatic carbocycles. The second-order valence-corrected chi connectivity index (χ2v) is 6.96. The molecular weight excluding hydrogens is 294 g/mol. The van der Waals surface area contributed by atoms with Gasteiger partial charge in [0.1, 0.15) is 5.82 Å². The number of likely N-dealkylation sites (tertiary alicyclic amines) is 1. The molecule has 0 radical (unpaired) electrons. The molecule has 1 saturated heterocycles. The zero-order valence-corrected chi connectivity index (χ0v) is 13.6. The lowest BCUT2D eigenvalue weighted by molar-refractivity contribution is -0.137. The van der Waals surface area contributed by atoms with Crippen LogP contribution >= 0.6 is 0 Å². The molecule has 7 heteroatoms. The highest BCUT2D eigenvalue weighted by Gasteiger charge is 2.40. The summed E-state index contributed by atoms with van der Waals surface area (Å²) in [5.41, 5.74) is 0. The predicted octanol–water partition coefficient (Wildman–Crippen LogP) is 0.720. The topological polar surface area (TPSA) is 71.3 Å². The van der Waals surface area contributed by atoms with Crippen LogP contribution < -0.4 is 0 Å². The Morgan fingerprint density at radius 1 is 1.17 bits per heavy atom. The van der Waals surface area contributed by atoms with Crippen LogP contribution in [0, 0.1) is 12.8 Å². The molecule has 0 spiro atoms. The van der Waals surface area contributed by atoms with Crippen molar-refractivity contribution >= 4 is 11.8 Å². The Labute approximate surface area is 135 Å². The summed E-state index contributed by atoms with van der Waals surface area (Å²) in [5, 5.41) is 8.23. The fourth-order valence-electron chi connectivity index (χ4n) is 4.22. The van der Waals surface area contributed by atoms with E-state index in [9.17, 15) is 9.59 Å². The molecule has 0 aromatic carbocycles. The van der Waals surface area contributed by atoms with Gasteiger partial charge in [-0.05, 0) is 19.8 Å². The summed E-state index contributed by atoms with van der Waals surface area (Å²) < 4.78 is 2.06. The fraction of sp³-hybridized carbons (Fsp3) is 0.750. The van der Waals surface area contributed by atoms with Gasteiger partial charge in [-0.3, -0.25) is 9.59 Å². The van der Waals surface area contributed by atoms with E-state index in [4.69, 9.17) is 0 Å². The standard InChI is InChI=1S/C16H23N5O2/c1-11-17-18-14-10-19(6-7-20(11)14)16(23)12-8-15(22)21(9-12)13-4-2-3-5-13/h12-13H,2-10H2,1H3/t12-/m1/s1. The molecule has 2 aliphatic heterocycles. The van der Waals surface area contributed by atoms with Gasteiger partial charge in [0.25, 0.3) is 0 Å². The summed E-state index contributed by atoms with van der Waals surface area (Å²) in [7, 11) is 0. The monoisotopic (exact) mass is 317 g/mol. The summed E-state index contributed by atoms with van der Waals surface area (Å²) in [6.07, 6.45) is 4.97. The van der Waals surface area contributed by atoms with E-state index in [0.717, 1.165) is 31.0 Å². The number of carbonyl (C=O) groups is 2. The highest BCUT2D eigenvalue weighted by atomic mass is 16.2. The number of aromatic nitrogens is 3. The van der Waals surface area contributed by atoms with Crippen molar-refractivity contribution in [2.45, 2.75) is 58.2 Å². The molecule has 2 fully saturated rings. The highest BCUT2D eigenvalue weighted by molar-refractivity contribution is 5.89. The first kappa shape index (κ1) is 14.7. The first-order chi connectivity index (χ1) is 11.1. The van der Waals surface area contributed by atoms with Crippen LogP contribution in [0.3, 0.4) is 0 Å². The van der Waals surface area contributed by atoms with Crippen molar-refractivity contribution in [1.29, 1.82) is 0 Å². The lowest BCUT2D eigenvalue weighted by Gasteiger charge is -2.30. The summed E-state index contributed by atoms with van der Waals surface area (Å²) in [5.74, 6) is 1.82. The molecule has 1 atom stereocenters. The number of amides is 2. The maximum atomic E-state index is 12.8. The zero-order chi connectivity index (χ0) is 16.0. The first-order valence-corrected chi connectivity index (χ1v) is 8.60. The molecule has 0 unspecified atom stereocenters. The molecule has 23 heavy (non-hydrogen) atoms. The van der Waals surface area contributed by atoms with Gasteiger partial charge in [-0.1, -0.05) is 12.8 Å². The summed E-state index contributed by atoms with van der Waals surface area (Å²) in [6.45, 7) is 4.47. The predicted molar refractivity (Wildman–Crippen MR) is 82.3 cm³/mol. The van der Waals surface area contributed by atoms with Gasteiger partial charge in [-0.2, -0.15) is 0 Å². The molecular formula is C16H23N5O2. The van der Waals surface area contributed by atoms with Gasteiger partial charge in [0.2, 0.25) is 11.8 Å². The number of fused-ring (bicyclic) bond motifs is 1. The number of hydrogen-bond donors (Lipinski definition) is 0. The van der Waals surface area contributed by atoms with Crippen molar-refractivity contribution < 1.29 is 9.59 Å². The number of aryl methyl sites for hydroxylation is 1. The number of nitrogens with zero attached hydrogens (tertiary/aromatic N) is 5. The SMILES string of the molecule is Cc1nnc2n1CCN(C(=O)[C@@H]1CC(=O)N(C3CCCC3)C1)C2. The van der Waals surface area contributed by atoms with Gasteiger partial charge in [-0.25, -0.2) is 0 Å². The van der Waals surface area contributed by atoms with Crippen molar-refractivity contribution in [3.8, 4) is 0 Å². The van der Waals surface area contributed by atoms with Crippen LogP contribution in [0.15, 0.2) is 0 Å². The molecule has 7 nitrogen and oxygen atoms in total. The van der Waals surface area contributed by atoms with E-state index in [-0.39, 0.29) is 17.7 Å². The van der Waals surface area contributed by atoms with Crippen LogP contribution in [-0.4, -0.2) is 55.5 Å². The molecule has 1 aromatic rings. The number of hydrogen-bond acceptors (Lipinski definition) is 4. The maximum Gasteiger partial charge on any atom is 0.228 e. The molecule has 4 rings (SSSR count). The van der Waals surface area contributed by atoms with E-state index < -0.39 is 0 Å². The van der Waals surface area contributed by atoms with E-state index in [1.54, 1.807) is 0 Å². The third kappa shape index (κ3) is 2.52. The third-order valence-corrected chi connectivity index (χ3v) is 5.52. The second kappa shape index (κ2) is 5.62. The Hall–Kier alpha value is -1.92. The third-order valence-electron chi connectivity index (χ3n) is 5.52. The van der Waals surface area contributed by atoms with Crippen molar-refractivity contribution in [1.82, 2.24) is 24.6 Å². The quantitative estimate of drug-likeness (QED) is 0.806. The summed E-state index contributed by atoms with van der Waals surface area (Å²) in [4.78, 5) is 28.9. The maximum absolute atomic E-state index is 12.8. The summed E-state index contributed by atoms with van der Waals surface area (Å²) in [6, 6.07) is 0.368. The van der Waals surface area contributed by atoms with Crippen LogP contribution in [0.5, 0.6) is 0 Å². The van der Waals surface area contributed by atoms with Crippen LogP contribution in [0.25, 0.3) is 0 Å². The van der Waals surface area contributed by atoms with Crippen molar-refractivity contribution in [2.24, 2.45) is 5.92 Å². The molecule has 0 N–H and O–H groups in total. The Kier molecular flexibility index (Phi) is 3.58. The van der Waals surface area contributed by atoms with Crippen LogP contribution in [-0.2, 0) is 22.7 Å². The van der Waals surface area contributed by atoms with Gasteiger partial charge < -0.3 is 14.4 Å². The smallest absolute Gasteiger partial charge is 0.228 e. The van der Waals surface area contributed by atoms with Crippen molar-refractivity contribution in [3.63, 3.8) is 0 Å². The lowest BCUT2D eigenvalue weighted by atomic mass is 10.1. The largest absolute Gasteiger partial charge is 0.339 e. The Bertz CT molecular complexity index is 634. The van der Waals surface area contributed by atoms with Crippen LogP contribution in [0.2, 0.25) is 0 Å².